The van der Waals surface area contributed by atoms with Crippen molar-refractivity contribution in [3.8, 4) is 12.3 Å². The SMILES string of the molecule is C#CCN1C2=C(Cc3cc(NC(=S)OCC)ccc31)C(OS(=O)(=O)C(F)(F)F)CCC2. The molecular formula is C20H21F3N2O4S2. The summed E-state index contributed by atoms with van der Waals surface area (Å²) in [6, 6.07) is 5.42. The molecule has 0 aromatic heterocycles. The maximum Gasteiger partial charge on any atom is 0.523 e. The summed E-state index contributed by atoms with van der Waals surface area (Å²) in [6.45, 7) is 2.38. The van der Waals surface area contributed by atoms with Gasteiger partial charge in [-0.3, -0.25) is 4.18 Å². The lowest BCUT2D eigenvalue weighted by Crippen LogP contribution is -2.38. The molecule has 0 amide bonds. The summed E-state index contributed by atoms with van der Waals surface area (Å²) in [5.74, 6) is 2.56. The highest BCUT2D eigenvalue weighted by Crippen LogP contribution is 2.42. The number of thiocarbonyl (C=S) groups is 1. The molecule has 0 bridgehead atoms. The van der Waals surface area contributed by atoms with Crippen LogP contribution in [0.2, 0.25) is 0 Å². The molecule has 3 rings (SSSR count). The van der Waals surface area contributed by atoms with E-state index in [0.29, 0.717) is 36.4 Å². The summed E-state index contributed by atoms with van der Waals surface area (Å²) in [7, 11) is -5.72. The van der Waals surface area contributed by atoms with Crippen molar-refractivity contribution < 1.29 is 30.5 Å². The first-order valence-electron chi connectivity index (χ1n) is 9.56. The fraction of sp³-hybridized carbons (Fsp3) is 0.450. The monoisotopic (exact) mass is 474 g/mol. The van der Waals surface area contributed by atoms with Crippen LogP contribution in [0.5, 0.6) is 0 Å². The molecule has 168 valence electrons. The lowest BCUT2D eigenvalue weighted by molar-refractivity contribution is -0.0567. The number of hydrogen-bond acceptors (Lipinski definition) is 6. The van der Waals surface area contributed by atoms with Gasteiger partial charge in [-0.05, 0) is 67.7 Å². The number of fused-ring (bicyclic) bond motifs is 1. The molecule has 2 aliphatic rings. The Bertz CT molecular complexity index is 1050. The first kappa shape index (κ1) is 23.4. The second-order valence-corrected chi connectivity index (χ2v) is 8.94. The number of hydrogen-bond donors (Lipinski definition) is 1. The van der Waals surface area contributed by atoms with Gasteiger partial charge in [0.25, 0.3) is 5.17 Å². The van der Waals surface area contributed by atoms with Crippen LogP contribution in [0.25, 0.3) is 0 Å². The Morgan fingerprint density at radius 2 is 2.16 bits per heavy atom. The van der Waals surface area contributed by atoms with E-state index >= 15 is 0 Å². The van der Waals surface area contributed by atoms with E-state index in [1.165, 1.54) is 0 Å². The topological polar surface area (TPSA) is 67.9 Å². The van der Waals surface area contributed by atoms with Gasteiger partial charge < -0.3 is 15.0 Å². The number of ether oxygens (including phenoxy) is 1. The molecule has 1 heterocycles. The average Bonchev–Trinajstić information content (AvgIpc) is 2.67. The second kappa shape index (κ2) is 9.06. The zero-order valence-electron chi connectivity index (χ0n) is 16.7. The number of halogens is 3. The number of terminal acetylenes is 1. The normalized spacial score (nSPS) is 18.7. The number of alkyl halides is 3. The van der Waals surface area contributed by atoms with Crippen LogP contribution in [0.4, 0.5) is 24.5 Å². The van der Waals surface area contributed by atoms with Gasteiger partial charge in [-0.15, -0.1) is 6.42 Å². The summed E-state index contributed by atoms with van der Waals surface area (Å²) >= 11 is 5.09. The van der Waals surface area contributed by atoms with Crippen LogP contribution < -0.4 is 10.2 Å². The minimum Gasteiger partial charge on any atom is -0.471 e. The third-order valence-electron chi connectivity index (χ3n) is 5.01. The molecule has 1 unspecified atom stereocenters. The number of anilines is 2. The number of allylic oxidation sites excluding steroid dienone is 1. The lowest BCUT2D eigenvalue weighted by atomic mass is 9.84. The van der Waals surface area contributed by atoms with Crippen LogP contribution in [0, 0.1) is 12.3 Å². The van der Waals surface area contributed by atoms with Gasteiger partial charge in [-0.2, -0.15) is 21.6 Å². The van der Waals surface area contributed by atoms with E-state index in [1.54, 1.807) is 19.1 Å². The van der Waals surface area contributed by atoms with E-state index in [2.05, 4.69) is 15.4 Å². The van der Waals surface area contributed by atoms with E-state index in [-0.39, 0.29) is 24.6 Å². The average molecular weight is 475 g/mol. The fourth-order valence-electron chi connectivity index (χ4n) is 3.79. The molecular weight excluding hydrogens is 453 g/mol. The minimum absolute atomic E-state index is 0.166. The van der Waals surface area contributed by atoms with Crippen molar-refractivity contribution >= 4 is 38.9 Å². The minimum atomic E-state index is -5.72. The Morgan fingerprint density at radius 3 is 2.81 bits per heavy atom. The molecule has 1 aliphatic heterocycles. The van der Waals surface area contributed by atoms with Gasteiger partial charge in [0.05, 0.1) is 13.2 Å². The standard InChI is InChI=1S/C20H21F3N2O4S2/c1-3-10-25-16-9-8-14(24-19(30)28-4-2)11-13(16)12-15-17(25)6-5-7-18(15)29-31(26,27)20(21,22)23/h1,8-9,11,18H,4-7,10,12H2,2H3,(H,24,30). The predicted octanol–water partition coefficient (Wildman–Crippen LogP) is 4.09. The van der Waals surface area contributed by atoms with Gasteiger partial charge in [0, 0.05) is 23.5 Å². The van der Waals surface area contributed by atoms with Gasteiger partial charge in [0.2, 0.25) is 0 Å². The van der Waals surface area contributed by atoms with Crippen molar-refractivity contribution in [1.82, 2.24) is 0 Å². The molecule has 11 heteroatoms. The zero-order valence-corrected chi connectivity index (χ0v) is 18.3. The van der Waals surface area contributed by atoms with E-state index in [0.717, 1.165) is 11.3 Å². The Morgan fingerprint density at radius 1 is 1.42 bits per heavy atom. The third-order valence-corrected chi connectivity index (χ3v) is 6.29. The summed E-state index contributed by atoms with van der Waals surface area (Å²) in [6.07, 6.45) is 5.77. The van der Waals surface area contributed by atoms with E-state index in [9.17, 15) is 21.6 Å². The van der Waals surface area contributed by atoms with Crippen molar-refractivity contribution in [2.75, 3.05) is 23.4 Å². The molecule has 0 fully saturated rings. The molecule has 0 saturated heterocycles. The molecule has 0 spiro atoms. The largest absolute Gasteiger partial charge is 0.523 e. The lowest BCUT2D eigenvalue weighted by Gasteiger charge is -2.39. The van der Waals surface area contributed by atoms with Gasteiger partial charge in [-0.1, -0.05) is 5.92 Å². The summed E-state index contributed by atoms with van der Waals surface area (Å²) in [5.41, 5.74) is -2.07. The van der Waals surface area contributed by atoms with Crippen LogP contribution >= 0.6 is 12.2 Å². The zero-order chi connectivity index (χ0) is 22.8. The van der Waals surface area contributed by atoms with E-state index in [1.807, 2.05) is 11.0 Å². The molecule has 6 nitrogen and oxygen atoms in total. The summed E-state index contributed by atoms with van der Waals surface area (Å²) < 4.78 is 71.8. The number of nitrogens with zero attached hydrogens (tertiary/aromatic N) is 1. The molecule has 1 aromatic rings. The van der Waals surface area contributed by atoms with Crippen LogP contribution in [-0.4, -0.2) is 38.4 Å². The Balaban J connectivity index is 1.97. The Kier molecular flexibility index (Phi) is 6.83. The van der Waals surface area contributed by atoms with E-state index < -0.39 is 21.7 Å². The highest BCUT2D eigenvalue weighted by atomic mass is 32.2. The molecule has 1 atom stereocenters. The van der Waals surface area contributed by atoms with Crippen LogP contribution in [0.1, 0.15) is 31.7 Å². The maximum absolute atomic E-state index is 12.9. The molecule has 1 aromatic carbocycles. The van der Waals surface area contributed by atoms with Crippen LogP contribution in [-0.2, 0) is 25.5 Å². The smallest absolute Gasteiger partial charge is 0.471 e. The van der Waals surface area contributed by atoms with Gasteiger partial charge in [0.15, 0.2) is 0 Å². The quantitative estimate of drug-likeness (QED) is 0.298. The third kappa shape index (κ3) is 4.97. The first-order valence-corrected chi connectivity index (χ1v) is 11.4. The summed E-state index contributed by atoms with van der Waals surface area (Å²) in [5, 5.41) is 3.13. The molecule has 0 saturated carbocycles. The van der Waals surface area contributed by atoms with Gasteiger partial charge in [0.1, 0.15) is 6.10 Å². The molecule has 31 heavy (non-hydrogen) atoms. The summed E-state index contributed by atoms with van der Waals surface area (Å²) in [4.78, 5) is 1.83. The molecule has 1 N–H and O–H groups in total. The van der Waals surface area contributed by atoms with Gasteiger partial charge >= 0.3 is 15.6 Å². The van der Waals surface area contributed by atoms with Crippen LogP contribution in [0.3, 0.4) is 0 Å². The van der Waals surface area contributed by atoms with Crippen LogP contribution in [0.15, 0.2) is 29.5 Å². The molecule has 1 aliphatic carbocycles. The predicted molar refractivity (Wildman–Crippen MR) is 115 cm³/mol. The number of benzene rings is 1. The first-order chi connectivity index (χ1) is 14.6. The number of nitrogens with one attached hydrogen (secondary N) is 1. The van der Waals surface area contributed by atoms with Crippen molar-refractivity contribution in [1.29, 1.82) is 0 Å². The van der Waals surface area contributed by atoms with Crippen molar-refractivity contribution in [2.45, 2.75) is 44.2 Å². The Hall–Kier alpha value is -2.29. The van der Waals surface area contributed by atoms with Crippen molar-refractivity contribution in [3.63, 3.8) is 0 Å². The molecule has 0 radical (unpaired) electrons. The second-order valence-electron chi connectivity index (χ2n) is 7.00. The Labute approximate surface area is 184 Å². The van der Waals surface area contributed by atoms with Crippen molar-refractivity contribution in [2.24, 2.45) is 0 Å². The van der Waals surface area contributed by atoms with E-state index in [4.69, 9.17) is 23.4 Å². The maximum atomic E-state index is 12.9. The highest BCUT2D eigenvalue weighted by molar-refractivity contribution is 7.87. The fourth-order valence-corrected chi connectivity index (χ4v) is 4.65. The highest BCUT2D eigenvalue weighted by Gasteiger charge is 2.49. The van der Waals surface area contributed by atoms with Gasteiger partial charge in [-0.25, -0.2) is 0 Å². The van der Waals surface area contributed by atoms with Crippen molar-refractivity contribution in [3.05, 3.63) is 35.0 Å². The number of rotatable bonds is 5.